The second-order valence-corrected chi connectivity index (χ2v) is 4.95. The Balaban J connectivity index is 1.88. The molecule has 92 valence electrons. The van der Waals surface area contributed by atoms with Gasteiger partial charge in [0.15, 0.2) is 10.3 Å². The molecular weight excluding hydrogens is 270 g/mol. The molecule has 0 saturated carbocycles. The molecular formula is C12H10ClN3OS. The number of phenols is 1. The first kappa shape index (κ1) is 12.7. The molecule has 1 aromatic heterocycles. The Morgan fingerprint density at radius 1 is 1.39 bits per heavy atom. The summed E-state index contributed by atoms with van der Waals surface area (Å²) in [6.07, 6.45) is 0.805. The van der Waals surface area contributed by atoms with E-state index in [-0.39, 0.29) is 10.9 Å². The van der Waals surface area contributed by atoms with E-state index in [2.05, 4.69) is 10.3 Å². The minimum Gasteiger partial charge on any atom is -0.508 e. The lowest BCUT2D eigenvalue weighted by molar-refractivity contribution is 0.475. The molecule has 1 heterocycles. The standard InChI is InChI=1S/C12H10ClN3OS/c13-11-10(7-14)18-12(16-11)15-6-5-8-1-3-9(17)4-2-8/h1-4,17H,5-6H2,(H,15,16). The van der Waals surface area contributed by atoms with E-state index in [1.165, 1.54) is 11.3 Å². The van der Waals surface area contributed by atoms with Crippen LogP contribution in [0.1, 0.15) is 10.4 Å². The number of hydrogen-bond donors (Lipinski definition) is 2. The van der Waals surface area contributed by atoms with Gasteiger partial charge in [0.2, 0.25) is 0 Å². The highest BCUT2D eigenvalue weighted by Gasteiger charge is 2.07. The molecule has 2 rings (SSSR count). The van der Waals surface area contributed by atoms with Crippen LogP contribution in [0.5, 0.6) is 5.75 Å². The molecule has 2 N–H and O–H groups in total. The van der Waals surface area contributed by atoms with Gasteiger partial charge in [-0.05, 0) is 24.1 Å². The number of anilines is 1. The van der Waals surface area contributed by atoms with Crippen LogP contribution in [0.4, 0.5) is 5.13 Å². The molecule has 0 aliphatic rings. The van der Waals surface area contributed by atoms with Crippen molar-refractivity contribution in [3.63, 3.8) is 0 Å². The first-order chi connectivity index (χ1) is 8.69. The molecule has 0 amide bonds. The number of nitriles is 1. The summed E-state index contributed by atoms with van der Waals surface area (Å²) in [6.45, 7) is 0.694. The molecule has 0 saturated heterocycles. The van der Waals surface area contributed by atoms with Crippen LogP contribution >= 0.6 is 22.9 Å². The second kappa shape index (κ2) is 5.71. The van der Waals surface area contributed by atoms with E-state index in [0.29, 0.717) is 16.6 Å². The van der Waals surface area contributed by atoms with Gasteiger partial charge in [-0.15, -0.1) is 0 Å². The number of nitrogens with zero attached hydrogens (tertiary/aromatic N) is 2. The largest absolute Gasteiger partial charge is 0.508 e. The minimum absolute atomic E-state index is 0.245. The molecule has 1 aromatic carbocycles. The van der Waals surface area contributed by atoms with Gasteiger partial charge in [-0.25, -0.2) is 4.98 Å². The van der Waals surface area contributed by atoms with E-state index in [1.54, 1.807) is 12.1 Å². The van der Waals surface area contributed by atoms with Gasteiger partial charge in [0, 0.05) is 6.54 Å². The molecule has 0 atom stereocenters. The first-order valence-electron chi connectivity index (χ1n) is 5.27. The Hall–Kier alpha value is -1.77. The molecule has 0 unspecified atom stereocenters. The maximum atomic E-state index is 9.15. The molecule has 2 aromatic rings. The van der Waals surface area contributed by atoms with Crippen LogP contribution in [-0.2, 0) is 6.42 Å². The number of rotatable bonds is 4. The normalized spacial score (nSPS) is 10.0. The van der Waals surface area contributed by atoms with E-state index < -0.39 is 0 Å². The maximum absolute atomic E-state index is 9.15. The number of benzene rings is 1. The van der Waals surface area contributed by atoms with E-state index >= 15 is 0 Å². The van der Waals surface area contributed by atoms with Gasteiger partial charge in [0.1, 0.15) is 16.7 Å². The summed E-state index contributed by atoms with van der Waals surface area (Å²) in [5.74, 6) is 0.261. The van der Waals surface area contributed by atoms with Gasteiger partial charge in [0.25, 0.3) is 0 Å². The summed E-state index contributed by atoms with van der Waals surface area (Å²) in [5, 5.41) is 21.9. The van der Waals surface area contributed by atoms with Crippen LogP contribution < -0.4 is 5.32 Å². The fraction of sp³-hybridized carbons (Fsp3) is 0.167. The van der Waals surface area contributed by atoms with Crippen molar-refractivity contribution in [2.24, 2.45) is 0 Å². The Kier molecular flexibility index (Phi) is 4.03. The van der Waals surface area contributed by atoms with E-state index in [4.69, 9.17) is 22.0 Å². The predicted octanol–water partition coefficient (Wildman–Crippen LogP) is 3.03. The number of halogens is 1. The van der Waals surface area contributed by atoms with E-state index in [1.807, 2.05) is 18.2 Å². The maximum Gasteiger partial charge on any atom is 0.185 e. The molecule has 0 bridgehead atoms. The fourth-order valence-corrected chi connectivity index (χ4v) is 2.40. The van der Waals surface area contributed by atoms with Gasteiger partial charge >= 0.3 is 0 Å². The number of aromatic hydroxyl groups is 1. The zero-order chi connectivity index (χ0) is 13.0. The number of phenolic OH excluding ortho intramolecular Hbond substituents is 1. The average Bonchev–Trinajstić information content (AvgIpc) is 2.72. The molecule has 0 spiro atoms. The Labute approximate surface area is 113 Å². The Morgan fingerprint density at radius 3 is 2.72 bits per heavy atom. The molecule has 0 fully saturated rings. The lowest BCUT2D eigenvalue weighted by Crippen LogP contribution is -2.04. The van der Waals surface area contributed by atoms with Crippen LogP contribution in [0.25, 0.3) is 0 Å². The molecule has 0 radical (unpaired) electrons. The average molecular weight is 280 g/mol. The molecule has 4 nitrogen and oxygen atoms in total. The quantitative estimate of drug-likeness (QED) is 0.903. The highest BCUT2D eigenvalue weighted by Crippen LogP contribution is 2.25. The highest BCUT2D eigenvalue weighted by atomic mass is 35.5. The van der Waals surface area contributed by atoms with Gasteiger partial charge in [-0.3, -0.25) is 0 Å². The lowest BCUT2D eigenvalue weighted by Gasteiger charge is -2.02. The second-order valence-electron chi connectivity index (χ2n) is 3.59. The Morgan fingerprint density at radius 2 is 2.11 bits per heavy atom. The van der Waals surface area contributed by atoms with Crippen LogP contribution in [0.2, 0.25) is 5.15 Å². The van der Waals surface area contributed by atoms with Crippen LogP contribution in [0.3, 0.4) is 0 Å². The monoisotopic (exact) mass is 279 g/mol. The summed E-state index contributed by atoms with van der Waals surface area (Å²) < 4.78 is 0. The van der Waals surface area contributed by atoms with Gasteiger partial charge in [0.05, 0.1) is 0 Å². The number of hydrogen-bond acceptors (Lipinski definition) is 5. The Bertz CT molecular complexity index is 574. The van der Waals surface area contributed by atoms with Crippen molar-refractivity contribution in [1.29, 1.82) is 5.26 Å². The van der Waals surface area contributed by atoms with Crippen molar-refractivity contribution in [2.45, 2.75) is 6.42 Å². The summed E-state index contributed by atoms with van der Waals surface area (Å²) >= 11 is 7.01. The van der Waals surface area contributed by atoms with Crippen molar-refractivity contribution >= 4 is 28.1 Å². The SMILES string of the molecule is N#Cc1sc(NCCc2ccc(O)cc2)nc1Cl. The van der Waals surface area contributed by atoms with Crippen molar-refractivity contribution in [3.8, 4) is 11.8 Å². The van der Waals surface area contributed by atoms with Crippen molar-refractivity contribution in [2.75, 3.05) is 11.9 Å². The van der Waals surface area contributed by atoms with Gasteiger partial charge in [-0.1, -0.05) is 35.1 Å². The van der Waals surface area contributed by atoms with Crippen molar-refractivity contribution < 1.29 is 5.11 Å². The highest BCUT2D eigenvalue weighted by molar-refractivity contribution is 7.16. The van der Waals surface area contributed by atoms with Crippen molar-refractivity contribution in [1.82, 2.24) is 4.98 Å². The third kappa shape index (κ3) is 3.13. The van der Waals surface area contributed by atoms with Gasteiger partial charge in [-0.2, -0.15) is 5.26 Å². The predicted molar refractivity (Wildman–Crippen MR) is 72.1 cm³/mol. The zero-order valence-corrected chi connectivity index (χ0v) is 10.9. The minimum atomic E-state index is 0.245. The van der Waals surface area contributed by atoms with Crippen LogP contribution in [-0.4, -0.2) is 16.6 Å². The van der Waals surface area contributed by atoms with E-state index in [9.17, 15) is 0 Å². The number of thiazole rings is 1. The lowest BCUT2D eigenvalue weighted by atomic mass is 10.1. The zero-order valence-electron chi connectivity index (χ0n) is 9.35. The first-order valence-corrected chi connectivity index (χ1v) is 6.46. The summed E-state index contributed by atoms with van der Waals surface area (Å²) in [6, 6.07) is 9.03. The molecule has 0 aliphatic heterocycles. The number of nitrogens with one attached hydrogen (secondary N) is 1. The van der Waals surface area contributed by atoms with Crippen molar-refractivity contribution in [3.05, 3.63) is 39.9 Å². The topological polar surface area (TPSA) is 68.9 Å². The van der Waals surface area contributed by atoms with E-state index in [0.717, 1.165) is 12.0 Å². The van der Waals surface area contributed by atoms with Crippen LogP contribution in [0.15, 0.2) is 24.3 Å². The van der Waals surface area contributed by atoms with Crippen LogP contribution in [0, 0.1) is 11.3 Å². The third-order valence-corrected chi connectivity index (χ3v) is 3.62. The molecule has 0 aliphatic carbocycles. The molecule has 18 heavy (non-hydrogen) atoms. The smallest absolute Gasteiger partial charge is 0.185 e. The van der Waals surface area contributed by atoms with Gasteiger partial charge < -0.3 is 10.4 Å². The summed E-state index contributed by atoms with van der Waals surface area (Å²) in [7, 11) is 0. The number of aromatic nitrogens is 1. The fourth-order valence-electron chi connectivity index (χ4n) is 1.42. The molecule has 6 heteroatoms. The summed E-state index contributed by atoms with van der Waals surface area (Å²) in [4.78, 5) is 4.46. The summed E-state index contributed by atoms with van der Waals surface area (Å²) in [5.41, 5.74) is 1.11. The third-order valence-electron chi connectivity index (χ3n) is 2.31.